The van der Waals surface area contributed by atoms with Crippen molar-refractivity contribution >= 4 is 38.5 Å². The summed E-state index contributed by atoms with van der Waals surface area (Å²) in [5.41, 5.74) is 0. The van der Waals surface area contributed by atoms with E-state index in [1.54, 1.807) is 0 Å². The molecule has 8 heavy (non-hydrogen) atoms. The zero-order valence-corrected chi connectivity index (χ0v) is 7.45. The number of aromatic nitrogens is 1. The van der Waals surface area contributed by atoms with Crippen molar-refractivity contribution in [2.45, 2.75) is 0 Å². The molecular formula is C5H3BrIN. The van der Waals surface area contributed by atoms with Crippen LogP contribution in [0.25, 0.3) is 0 Å². The van der Waals surface area contributed by atoms with E-state index in [2.05, 4.69) is 20.9 Å². The Bertz CT molecular complexity index is 278. The molecule has 1 aromatic rings. The van der Waals surface area contributed by atoms with E-state index in [0.717, 1.165) is 0 Å². The highest BCUT2D eigenvalue weighted by molar-refractivity contribution is 14.1. The van der Waals surface area contributed by atoms with E-state index in [9.17, 15) is 0 Å². The Morgan fingerprint density at radius 1 is 1.75 bits per heavy atom. The standard InChI is InChI=1S/C5H3BrIN/c6-4-1-2-5(7)8-3-4/h1-3H/i1D,2D,3D. The van der Waals surface area contributed by atoms with Crippen LogP contribution in [0.5, 0.6) is 0 Å². The van der Waals surface area contributed by atoms with Crippen LogP contribution in [0.2, 0.25) is 0 Å². The molecule has 0 unspecified atom stereocenters. The summed E-state index contributed by atoms with van der Waals surface area (Å²) in [4.78, 5) is 3.73. The molecule has 0 bridgehead atoms. The topological polar surface area (TPSA) is 12.9 Å². The fraction of sp³-hybridized carbons (Fsp3) is 0. The largest absolute Gasteiger partial charge is 0.249 e. The summed E-state index contributed by atoms with van der Waals surface area (Å²) in [7, 11) is 0. The number of hydrogen-bond donors (Lipinski definition) is 0. The van der Waals surface area contributed by atoms with Crippen molar-refractivity contribution in [3.8, 4) is 0 Å². The van der Waals surface area contributed by atoms with Crippen molar-refractivity contribution < 1.29 is 4.11 Å². The Hall–Kier alpha value is 0.360. The predicted molar refractivity (Wildman–Crippen MR) is 44.7 cm³/mol. The van der Waals surface area contributed by atoms with Gasteiger partial charge >= 0.3 is 0 Å². The highest BCUT2D eigenvalue weighted by Gasteiger charge is 1.84. The fourth-order valence-corrected chi connectivity index (χ4v) is 0.704. The van der Waals surface area contributed by atoms with Crippen molar-refractivity contribution in [3.05, 3.63) is 26.4 Å². The van der Waals surface area contributed by atoms with Gasteiger partial charge in [0, 0.05) is 10.6 Å². The van der Waals surface area contributed by atoms with Crippen LogP contribution in [0, 0.1) is 3.70 Å². The van der Waals surface area contributed by atoms with Gasteiger partial charge in [-0.2, -0.15) is 0 Å². The van der Waals surface area contributed by atoms with E-state index >= 15 is 0 Å². The molecule has 0 saturated carbocycles. The van der Waals surface area contributed by atoms with E-state index < -0.39 is 0 Å². The van der Waals surface area contributed by atoms with E-state index in [1.165, 1.54) is 0 Å². The predicted octanol–water partition coefficient (Wildman–Crippen LogP) is 2.45. The molecule has 0 aromatic carbocycles. The number of nitrogens with zero attached hydrogens (tertiary/aromatic N) is 1. The number of pyridine rings is 1. The van der Waals surface area contributed by atoms with Crippen LogP contribution in [0.1, 0.15) is 4.11 Å². The molecule has 0 N–H and O–H groups in total. The maximum absolute atomic E-state index is 7.33. The van der Waals surface area contributed by atoms with Gasteiger partial charge in [-0.25, -0.2) is 4.98 Å². The molecule has 1 rings (SSSR count). The molecule has 0 saturated heterocycles. The molecule has 0 amide bonds. The summed E-state index contributed by atoms with van der Waals surface area (Å²) in [6.45, 7) is 0. The van der Waals surface area contributed by atoms with Crippen molar-refractivity contribution in [1.82, 2.24) is 4.98 Å². The van der Waals surface area contributed by atoms with Gasteiger partial charge in [0.2, 0.25) is 0 Å². The summed E-state index contributed by atoms with van der Waals surface area (Å²) >= 11 is 4.84. The molecule has 0 aliphatic heterocycles. The summed E-state index contributed by atoms with van der Waals surface area (Å²) in [6, 6.07) is 0.0860. The zero-order valence-electron chi connectivity index (χ0n) is 6.70. The van der Waals surface area contributed by atoms with Crippen LogP contribution in [0.4, 0.5) is 0 Å². The summed E-state index contributed by atoms with van der Waals surface area (Å²) in [5, 5.41) is 0. The monoisotopic (exact) mass is 286 g/mol. The molecule has 1 nitrogen and oxygen atoms in total. The van der Waals surface area contributed by atoms with Crippen molar-refractivity contribution in [3.63, 3.8) is 0 Å². The van der Waals surface area contributed by atoms with Gasteiger partial charge in [-0.1, -0.05) is 0 Å². The molecule has 0 aliphatic rings. The van der Waals surface area contributed by atoms with Crippen molar-refractivity contribution in [2.24, 2.45) is 0 Å². The van der Waals surface area contributed by atoms with Gasteiger partial charge in [-0.05, 0) is 50.6 Å². The Labute approximate surface area is 74.0 Å². The molecule has 0 atom stereocenters. The zero-order chi connectivity index (χ0) is 8.59. The molecule has 1 heterocycles. The third kappa shape index (κ3) is 1.70. The molecule has 0 fully saturated rings. The number of hydrogen-bond acceptors (Lipinski definition) is 1. The van der Waals surface area contributed by atoms with E-state index in [-0.39, 0.29) is 22.7 Å². The average molecular weight is 287 g/mol. The SMILES string of the molecule is [2H]c1nc(I)c([2H])c([2H])c1Br. The van der Waals surface area contributed by atoms with Gasteiger partial charge in [0.05, 0.1) is 4.11 Å². The Balaban J connectivity index is 3.46. The second-order valence-electron chi connectivity index (χ2n) is 1.08. The van der Waals surface area contributed by atoms with Gasteiger partial charge in [0.15, 0.2) is 0 Å². The van der Waals surface area contributed by atoms with Crippen LogP contribution >= 0.6 is 38.5 Å². The maximum atomic E-state index is 7.33. The Kier molecular flexibility index (Phi) is 1.22. The van der Waals surface area contributed by atoms with Crippen LogP contribution in [0.15, 0.2) is 22.7 Å². The van der Waals surface area contributed by atoms with Crippen LogP contribution in [-0.4, -0.2) is 4.98 Å². The summed E-state index contributed by atoms with van der Waals surface area (Å²) < 4.78 is 22.5. The van der Waals surface area contributed by atoms with Gasteiger partial charge in [0.1, 0.15) is 3.70 Å². The third-order valence-corrected chi connectivity index (χ3v) is 1.41. The average Bonchev–Trinajstić information content (AvgIpc) is 1.97. The Morgan fingerprint density at radius 2 is 2.50 bits per heavy atom. The molecule has 3 heteroatoms. The molecular weight excluding hydrogens is 281 g/mol. The lowest BCUT2D eigenvalue weighted by atomic mass is 10.5. The second-order valence-corrected chi connectivity index (χ2v) is 2.89. The van der Waals surface area contributed by atoms with Gasteiger partial charge in [0.25, 0.3) is 0 Å². The van der Waals surface area contributed by atoms with Gasteiger partial charge in [-0.15, -0.1) is 0 Å². The number of rotatable bonds is 0. The quantitative estimate of drug-likeness (QED) is 0.527. The minimum Gasteiger partial charge on any atom is -0.249 e. The van der Waals surface area contributed by atoms with Crippen molar-refractivity contribution in [2.75, 3.05) is 0 Å². The summed E-state index contributed by atoms with van der Waals surface area (Å²) in [5.74, 6) is 0. The minimum absolute atomic E-state index is 0.00963. The molecule has 0 radical (unpaired) electrons. The lowest BCUT2D eigenvalue weighted by Crippen LogP contribution is -1.74. The molecule has 0 spiro atoms. The van der Waals surface area contributed by atoms with Gasteiger partial charge in [-0.3, -0.25) is 0 Å². The normalized spacial score (nSPS) is 14.5. The first kappa shape index (κ1) is 3.51. The maximum Gasteiger partial charge on any atom is 0.101 e. The molecule has 42 valence electrons. The second kappa shape index (κ2) is 2.77. The van der Waals surface area contributed by atoms with Gasteiger partial charge < -0.3 is 0 Å². The first-order valence-electron chi connectivity index (χ1n) is 3.33. The van der Waals surface area contributed by atoms with Crippen LogP contribution < -0.4 is 0 Å². The lowest BCUT2D eigenvalue weighted by molar-refractivity contribution is 1.26. The van der Waals surface area contributed by atoms with Crippen LogP contribution in [0.3, 0.4) is 0 Å². The first-order chi connectivity index (χ1) is 5.04. The highest BCUT2D eigenvalue weighted by Crippen LogP contribution is 2.07. The molecule has 1 aromatic heterocycles. The van der Waals surface area contributed by atoms with Crippen LogP contribution in [-0.2, 0) is 0 Å². The summed E-state index contributed by atoms with van der Waals surface area (Å²) in [6.07, 6.45) is 0.00963. The van der Waals surface area contributed by atoms with E-state index in [4.69, 9.17) is 4.11 Å². The smallest absolute Gasteiger partial charge is 0.101 e. The Morgan fingerprint density at radius 3 is 3.25 bits per heavy atom. The van der Waals surface area contributed by atoms with Crippen molar-refractivity contribution in [1.29, 1.82) is 0 Å². The highest BCUT2D eigenvalue weighted by atomic mass is 127. The molecule has 0 aliphatic carbocycles. The fourth-order valence-electron chi connectivity index (χ4n) is 0.261. The van der Waals surface area contributed by atoms with E-state index in [1.807, 2.05) is 22.6 Å². The lowest BCUT2D eigenvalue weighted by Gasteiger charge is -1.86. The minimum atomic E-state index is 0.00963. The first-order valence-corrected chi connectivity index (χ1v) is 3.70. The third-order valence-electron chi connectivity index (χ3n) is 0.528. The van der Waals surface area contributed by atoms with E-state index in [0.29, 0.717) is 3.70 Å². The number of halogens is 2.